The summed E-state index contributed by atoms with van der Waals surface area (Å²) in [7, 11) is 0. The fourth-order valence-electron chi connectivity index (χ4n) is 3.25. The molecule has 8 nitrogen and oxygen atoms in total. The van der Waals surface area contributed by atoms with E-state index in [9.17, 15) is 9.59 Å². The Morgan fingerprint density at radius 1 is 1.45 bits per heavy atom. The van der Waals surface area contributed by atoms with Crippen LogP contribution in [0.1, 0.15) is 34.3 Å². The molecule has 1 saturated heterocycles. The van der Waals surface area contributed by atoms with E-state index < -0.39 is 11.5 Å². The third kappa shape index (κ3) is 5.04. The van der Waals surface area contributed by atoms with Crippen LogP contribution >= 0.6 is 23.1 Å². The van der Waals surface area contributed by atoms with E-state index >= 15 is 0 Å². The number of nitrogens with zero attached hydrogens (tertiary/aromatic N) is 3. The third-order valence-corrected chi connectivity index (χ3v) is 5.93. The van der Waals surface area contributed by atoms with Crippen LogP contribution in [0.3, 0.4) is 0 Å². The first kappa shape index (κ1) is 21.5. The molecule has 0 saturated carbocycles. The summed E-state index contributed by atoms with van der Waals surface area (Å²) < 4.78 is 15.7. The molecule has 1 atom stereocenters. The Bertz CT molecular complexity index is 906. The SMILES string of the molecule is CCc1nnsc1C(=O)N1CCO[C@@](COc2ccc(Cl)c(C)c2)(CC(N)=O)C1. The van der Waals surface area contributed by atoms with Gasteiger partial charge in [0.05, 0.1) is 25.3 Å². The molecule has 156 valence electrons. The van der Waals surface area contributed by atoms with Crippen molar-refractivity contribution in [2.75, 3.05) is 26.3 Å². The number of aryl methyl sites for hydroxylation is 2. The average molecular weight is 439 g/mol. The van der Waals surface area contributed by atoms with Crippen molar-refractivity contribution in [3.05, 3.63) is 39.4 Å². The Hall–Kier alpha value is -2.23. The van der Waals surface area contributed by atoms with Gasteiger partial charge in [-0.05, 0) is 48.6 Å². The maximum atomic E-state index is 13.0. The van der Waals surface area contributed by atoms with Crippen molar-refractivity contribution in [2.45, 2.75) is 32.3 Å². The zero-order chi connectivity index (χ0) is 21.0. The van der Waals surface area contributed by atoms with Gasteiger partial charge in [-0.15, -0.1) is 5.10 Å². The molecule has 2 amide bonds. The molecule has 1 aliphatic heterocycles. The minimum atomic E-state index is -1.03. The number of carbonyl (C=O) groups excluding carboxylic acids is 2. The molecule has 10 heteroatoms. The number of nitrogens with two attached hydrogens (primary N) is 1. The highest BCUT2D eigenvalue weighted by molar-refractivity contribution is 7.08. The van der Waals surface area contributed by atoms with E-state index in [4.69, 9.17) is 26.8 Å². The smallest absolute Gasteiger partial charge is 0.267 e. The number of ether oxygens (including phenoxy) is 2. The van der Waals surface area contributed by atoms with Gasteiger partial charge in [-0.3, -0.25) is 9.59 Å². The molecule has 1 aliphatic rings. The van der Waals surface area contributed by atoms with E-state index in [2.05, 4.69) is 9.59 Å². The molecule has 0 aliphatic carbocycles. The van der Waals surface area contributed by atoms with Gasteiger partial charge in [0, 0.05) is 11.6 Å². The van der Waals surface area contributed by atoms with Crippen LogP contribution in [0, 0.1) is 6.92 Å². The number of morpholine rings is 1. The maximum absolute atomic E-state index is 13.0. The van der Waals surface area contributed by atoms with Crippen molar-refractivity contribution in [1.82, 2.24) is 14.5 Å². The number of hydrogen-bond acceptors (Lipinski definition) is 7. The first-order valence-corrected chi connectivity index (χ1v) is 10.4. The predicted octanol–water partition coefficient (Wildman–Crippen LogP) is 2.23. The Labute approximate surface area is 178 Å². The van der Waals surface area contributed by atoms with Crippen molar-refractivity contribution in [3.63, 3.8) is 0 Å². The first-order valence-electron chi connectivity index (χ1n) is 9.25. The fourth-order valence-corrected chi connectivity index (χ4v) is 4.09. The highest BCUT2D eigenvalue weighted by Crippen LogP contribution is 2.27. The molecule has 0 bridgehead atoms. The van der Waals surface area contributed by atoms with Crippen molar-refractivity contribution in [1.29, 1.82) is 0 Å². The molecule has 0 spiro atoms. The van der Waals surface area contributed by atoms with Gasteiger partial charge in [-0.25, -0.2) is 0 Å². The van der Waals surface area contributed by atoms with Crippen molar-refractivity contribution < 1.29 is 19.1 Å². The van der Waals surface area contributed by atoms with Gasteiger partial charge >= 0.3 is 0 Å². The van der Waals surface area contributed by atoms with Crippen molar-refractivity contribution in [2.24, 2.45) is 5.73 Å². The standard InChI is InChI=1S/C19H23ClN4O4S/c1-3-15-17(29-23-22-15)18(26)24-6-7-28-19(10-24,9-16(21)25)11-27-13-4-5-14(20)12(2)8-13/h4-5,8H,3,6-7,9-11H2,1-2H3,(H2,21,25)/t19-/m0/s1. The van der Waals surface area contributed by atoms with Gasteiger partial charge in [-0.1, -0.05) is 23.0 Å². The van der Waals surface area contributed by atoms with E-state index in [1.165, 1.54) is 0 Å². The minimum absolute atomic E-state index is 0.0646. The highest BCUT2D eigenvalue weighted by Gasteiger charge is 2.41. The molecule has 29 heavy (non-hydrogen) atoms. The number of primary amides is 1. The van der Waals surface area contributed by atoms with Crippen molar-refractivity contribution >= 4 is 34.9 Å². The Morgan fingerprint density at radius 2 is 2.24 bits per heavy atom. The summed E-state index contributed by atoms with van der Waals surface area (Å²) in [5, 5.41) is 4.65. The van der Waals surface area contributed by atoms with E-state index in [0.29, 0.717) is 34.3 Å². The summed E-state index contributed by atoms with van der Waals surface area (Å²) in [5.74, 6) is -0.0945. The molecule has 1 aromatic carbocycles. The molecule has 2 N–H and O–H groups in total. The van der Waals surface area contributed by atoms with Gasteiger partial charge < -0.3 is 20.1 Å². The molecule has 2 aromatic rings. The van der Waals surface area contributed by atoms with Crippen LogP contribution in [-0.4, -0.2) is 58.2 Å². The molecule has 0 unspecified atom stereocenters. The summed E-state index contributed by atoms with van der Waals surface area (Å²) in [5.41, 5.74) is 5.98. The van der Waals surface area contributed by atoms with Crippen LogP contribution in [0.4, 0.5) is 0 Å². The Balaban J connectivity index is 1.78. The van der Waals surface area contributed by atoms with Gasteiger partial charge in [-0.2, -0.15) is 0 Å². The summed E-state index contributed by atoms with van der Waals surface area (Å²) in [6.45, 7) is 4.73. The summed E-state index contributed by atoms with van der Waals surface area (Å²) in [6.07, 6.45) is 0.554. The minimum Gasteiger partial charge on any atom is -0.490 e. The van der Waals surface area contributed by atoms with Crippen LogP contribution in [-0.2, 0) is 16.0 Å². The zero-order valence-electron chi connectivity index (χ0n) is 16.3. The molecule has 1 aromatic heterocycles. The van der Waals surface area contributed by atoms with Gasteiger partial charge in [0.2, 0.25) is 5.91 Å². The van der Waals surface area contributed by atoms with Gasteiger partial charge in [0.15, 0.2) is 0 Å². The van der Waals surface area contributed by atoms with E-state index in [0.717, 1.165) is 17.1 Å². The number of rotatable bonds is 7. The second-order valence-electron chi connectivity index (χ2n) is 7.00. The topological polar surface area (TPSA) is 108 Å². The summed E-state index contributed by atoms with van der Waals surface area (Å²) in [6, 6.07) is 5.30. The van der Waals surface area contributed by atoms with E-state index in [-0.39, 0.29) is 32.1 Å². The van der Waals surface area contributed by atoms with Crippen LogP contribution < -0.4 is 10.5 Å². The number of carbonyl (C=O) groups is 2. The quantitative estimate of drug-likeness (QED) is 0.710. The lowest BCUT2D eigenvalue weighted by atomic mass is 9.97. The third-order valence-electron chi connectivity index (χ3n) is 4.75. The van der Waals surface area contributed by atoms with Gasteiger partial charge in [0.1, 0.15) is 22.8 Å². The first-order chi connectivity index (χ1) is 13.8. The molecular formula is C19H23ClN4O4S. The monoisotopic (exact) mass is 438 g/mol. The highest BCUT2D eigenvalue weighted by atomic mass is 35.5. The molecule has 0 radical (unpaired) electrons. The van der Waals surface area contributed by atoms with E-state index in [1.54, 1.807) is 17.0 Å². The zero-order valence-corrected chi connectivity index (χ0v) is 17.9. The van der Waals surface area contributed by atoms with Crippen LogP contribution in [0.2, 0.25) is 5.02 Å². The van der Waals surface area contributed by atoms with Crippen LogP contribution in [0.5, 0.6) is 5.75 Å². The number of benzene rings is 1. The van der Waals surface area contributed by atoms with Crippen molar-refractivity contribution in [3.8, 4) is 5.75 Å². The number of amides is 2. The lowest BCUT2D eigenvalue weighted by Crippen LogP contribution is -2.58. The second kappa shape index (κ2) is 9.06. The number of aromatic nitrogens is 2. The molecule has 2 heterocycles. The maximum Gasteiger partial charge on any atom is 0.267 e. The fraction of sp³-hybridized carbons (Fsp3) is 0.474. The lowest BCUT2D eigenvalue weighted by molar-refractivity contribution is -0.142. The largest absolute Gasteiger partial charge is 0.490 e. The van der Waals surface area contributed by atoms with Crippen LogP contribution in [0.25, 0.3) is 0 Å². The van der Waals surface area contributed by atoms with Gasteiger partial charge in [0.25, 0.3) is 5.91 Å². The Kier molecular flexibility index (Phi) is 6.71. The predicted molar refractivity (Wildman–Crippen MR) is 109 cm³/mol. The van der Waals surface area contributed by atoms with E-state index in [1.807, 2.05) is 19.9 Å². The molecular weight excluding hydrogens is 416 g/mol. The second-order valence-corrected chi connectivity index (χ2v) is 8.16. The number of halogens is 1. The average Bonchev–Trinajstić information content (AvgIpc) is 3.17. The molecule has 1 fully saturated rings. The Morgan fingerprint density at radius 3 is 2.93 bits per heavy atom. The number of hydrogen-bond donors (Lipinski definition) is 1. The van der Waals surface area contributed by atoms with Crippen LogP contribution in [0.15, 0.2) is 18.2 Å². The summed E-state index contributed by atoms with van der Waals surface area (Å²) >= 11 is 7.13. The normalized spacial score (nSPS) is 19.2. The lowest BCUT2D eigenvalue weighted by Gasteiger charge is -2.41. The summed E-state index contributed by atoms with van der Waals surface area (Å²) in [4.78, 5) is 26.9. The molecule has 3 rings (SSSR count).